The van der Waals surface area contributed by atoms with Crippen LogP contribution < -0.4 is 10.9 Å². The zero-order chi connectivity index (χ0) is 13.2. The van der Waals surface area contributed by atoms with E-state index in [-0.39, 0.29) is 11.3 Å². The number of aromatic nitrogens is 4. The molecule has 1 amide bonds. The molecule has 1 aromatic carbocycles. The van der Waals surface area contributed by atoms with Crippen molar-refractivity contribution in [3.8, 4) is 0 Å². The molecule has 0 unspecified atom stereocenters. The predicted octanol–water partition coefficient (Wildman–Crippen LogP) is 1.03. The van der Waals surface area contributed by atoms with E-state index in [1.807, 2.05) is 0 Å². The lowest BCUT2D eigenvalue weighted by molar-refractivity contribution is 0.102. The Balaban J connectivity index is 1.95. The van der Waals surface area contributed by atoms with Gasteiger partial charge in [-0.15, -0.1) is 0 Å². The van der Waals surface area contributed by atoms with E-state index in [1.54, 1.807) is 18.2 Å². The zero-order valence-electron chi connectivity index (χ0n) is 9.45. The molecule has 0 fully saturated rings. The molecule has 94 valence electrons. The van der Waals surface area contributed by atoms with Crippen LogP contribution in [-0.4, -0.2) is 24.6 Å². The highest BCUT2D eigenvalue weighted by molar-refractivity contribution is 7.00. The van der Waals surface area contributed by atoms with Crippen LogP contribution in [0.15, 0.2) is 35.4 Å². The van der Waals surface area contributed by atoms with E-state index in [9.17, 15) is 9.59 Å². The van der Waals surface area contributed by atoms with Crippen molar-refractivity contribution in [2.45, 2.75) is 0 Å². The molecule has 0 radical (unpaired) electrons. The van der Waals surface area contributed by atoms with Crippen molar-refractivity contribution >= 4 is 34.4 Å². The highest BCUT2D eigenvalue weighted by atomic mass is 32.1. The van der Waals surface area contributed by atoms with Gasteiger partial charge >= 0.3 is 0 Å². The largest absolute Gasteiger partial charge is 0.319 e. The fraction of sp³-hybridized carbons (Fsp3) is 0. The maximum atomic E-state index is 12.0. The van der Waals surface area contributed by atoms with Gasteiger partial charge in [0.05, 0.1) is 23.7 Å². The molecule has 3 aromatic rings. The van der Waals surface area contributed by atoms with Crippen LogP contribution in [0.4, 0.5) is 5.69 Å². The van der Waals surface area contributed by atoms with Gasteiger partial charge in [-0.1, -0.05) is 6.07 Å². The summed E-state index contributed by atoms with van der Waals surface area (Å²) < 4.78 is 8.19. The van der Waals surface area contributed by atoms with Gasteiger partial charge < -0.3 is 10.3 Å². The Labute approximate surface area is 110 Å². The molecule has 0 spiro atoms. The predicted molar refractivity (Wildman–Crippen MR) is 70.2 cm³/mol. The van der Waals surface area contributed by atoms with Crippen LogP contribution >= 0.6 is 11.7 Å². The van der Waals surface area contributed by atoms with Crippen LogP contribution in [0.2, 0.25) is 0 Å². The van der Waals surface area contributed by atoms with E-state index in [1.165, 1.54) is 6.33 Å². The normalized spacial score (nSPS) is 10.5. The summed E-state index contributed by atoms with van der Waals surface area (Å²) in [6.07, 6.45) is 1.18. The smallest absolute Gasteiger partial charge is 0.274 e. The van der Waals surface area contributed by atoms with Gasteiger partial charge in [-0.25, -0.2) is 4.98 Å². The third-order valence-corrected chi connectivity index (χ3v) is 2.99. The first-order valence-corrected chi connectivity index (χ1v) is 6.04. The van der Waals surface area contributed by atoms with Gasteiger partial charge in [-0.05, 0) is 12.1 Å². The van der Waals surface area contributed by atoms with E-state index in [0.29, 0.717) is 16.7 Å². The number of nitrogens with one attached hydrogen (secondary N) is 2. The Kier molecular flexibility index (Phi) is 2.76. The van der Waals surface area contributed by atoms with Gasteiger partial charge in [0.15, 0.2) is 0 Å². The molecule has 7 nitrogen and oxygen atoms in total. The van der Waals surface area contributed by atoms with Gasteiger partial charge in [0.25, 0.3) is 11.5 Å². The average Bonchev–Trinajstić information content (AvgIpc) is 2.88. The average molecular weight is 273 g/mol. The molecular formula is C11H7N5O2S. The highest BCUT2D eigenvalue weighted by Gasteiger charge is 2.11. The lowest BCUT2D eigenvalue weighted by Crippen LogP contribution is -2.17. The number of nitrogens with zero attached hydrogens (tertiary/aromatic N) is 3. The molecule has 2 heterocycles. The van der Waals surface area contributed by atoms with Crippen molar-refractivity contribution in [1.29, 1.82) is 0 Å². The van der Waals surface area contributed by atoms with E-state index in [0.717, 1.165) is 17.8 Å². The molecule has 19 heavy (non-hydrogen) atoms. The molecule has 0 atom stereocenters. The second-order valence-corrected chi connectivity index (χ2v) is 4.22. The van der Waals surface area contributed by atoms with Crippen molar-refractivity contribution in [3.05, 3.63) is 46.6 Å². The minimum absolute atomic E-state index is 0.0453. The summed E-state index contributed by atoms with van der Waals surface area (Å²) in [4.78, 5) is 29.2. The van der Waals surface area contributed by atoms with Gasteiger partial charge in [-0.3, -0.25) is 9.59 Å². The van der Waals surface area contributed by atoms with E-state index in [4.69, 9.17) is 0 Å². The second kappa shape index (κ2) is 4.58. The number of hydrogen-bond acceptors (Lipinski definition) is 6. The Morgan fingerprint density at radius 3 is 3.05 bits per heavy atom. The molecule has 2 aromatic heterocycles. The quantitative estimate of drug-likeness (QED) is 0.726. The van der Waals surface area contributed by atoms with Crippen LogP contribution in [-0.2, 0) is 0 Å². The van der Waals surface area contributed by atoms with Crippen molar-refractivity contribution in [2.75, 3.05) is 5.32 Å². The fourth-order valence-electron chi connectivity index (χ4n) is 1.59. The molecule has 0 aliphatic carbocycles. The maximum absolute atomic E-state index is 12.0. The van der Waals surface area contributed by atoms with E-state index in [2.05, 4.69) is 24.0 Å². The molecule has 0 saturated carbocycles. The topological polar surface area (TPSA) is 101 Å². The first kappa shape index (κ1) is 11.5. The molecule has 0 aliphatic heterocycles. The number of anilines is 1. The van der Waals surface area contributed by atoms with Crippen molar-refractivity contribution in [1.82, 2.24) is 18.7 Å². The summed E-state index contributed by atoms with van der Waals surface area (Å²) in [6, 6.07) is 6.42. The van der Waals surface area contributed by atoms with Crippen LogP contribution in [0.25, 0.3) is 11.0 Å². The van der Waals surface area contributed by atoms with Crippen LogP contribution in [0.1, 0.15) is 10.5 Å². The third-order valence-electron chi connectivity index (χ3n) is 2.45. The maximum Gasteiger partial charge on any atom is 0.274 e. The SMILES string of the molecule is O=C(Nc1cccc2nsnc12)c1cc(=O)[nH]cn1. The lowest BCUT2D eigenvalue weighted by Gasteiger charge is -2.04. The summed E-state index contributed by atoms with van der Waals surface area (Å²) in [7, 11) is 0. The minimum atomic E-state index is -0.466. The van der Waals surface area contributed by atoms with Crippen molar-refractivity contribution < 1.29 is 4.79 Å². The van der Waals surface area contributed by atoms with E-state index >= 15 is 0 Å². The number of carbonyl (C=O) groups excluding carboxylic acids is 1. The molecule has 0 aliphatic rings. The monoisotopic (exact) mass is 273 g/mol. The first-order valence-electron chi connectivity index (χ1n) is 5.31. The molecule has 0 saturated heterocycles. The first-order chi connectivity index (χ1) is 9.24. The van der Waals surface area contributed by atoms with Gasteiger partial charge in [-0.2, -0.15) is 8.75 Å². The Morgan fingerprint density at radius 2 is 2.21 bits per heavy atom. The summed E-state index contributed by atoms with van der Waals surface area (Å²) in [6.45, 7) is 0. The van der Waals surface area contributed by atoms with Crippen LogP contribution in [0.3, 0.4) is 0 Å². The number of aromatic amines is 1. The van der Waals surface area contributed by atoms with Gasteiger partial charge in [0.1, 0.15) is 16.7 Å². The number of hydrogen-bond donors (Lipinski definition) is 2. The number of fused-ring (bicyclic) bond motifs is 1. The third kappa shape index (κ3) is 2.20. The number of amides is 1. The molecule has 8 heteroatoms. The Morgan fingerprint density at radius 1 is 1.32 bits per heavy atom. The van der Waals surface area contributed by atoms with Crippen LogP contribution in [0, 0.1) is 0 Å². The minimum Gasteiger partial charge on any atom is -0.319 e. The highest BCUT2D eigenvalue weighted by Crippen LogP contribution is 2.21. The fourth-order valence-corrected chi connectivity index (χ4v) is 2.14. The Bertz CT molecular complexity index is 810. The van der Waals surface area contributed by atoms with Crippen molar-refractivity contribution in [2.24, 2.45) is 0 Å². The molecule has 3 rings (SSSR count). The second-order valence-electron chi connectivity index (χ2n) is 3.69. The van der Waals surface area contributed by atoms with Gasteiger partial charge in [0, 0.05) is 6.07 Å². The number of rotatable bonds is 2. The van der Waals surface area contributed by atoms with Crippen molar-refractivity contribution in [3.63, 3.8) is 0 Å². The standard InChI is InChI=1S/C11H7N5O2S/c17-9-4-8(12-5-13-9)11(18)14-6-2-1-3-7-10(6)16-19-15-7/h1-5H,(H,14,18)(H,12,13,17). The number of H-pyrrole nitrogens is 1. The van der Waals surface area contributed by atoms with E-state index < -0.39 is 5.91 Å². The zero-order valence-corrected chi connectivity index (χ0v) is 10.3. The van der Waals surface area contributed by atoms with Gasteiger partial charge in [0.2, 0.25) is 0 Å². The van der Waals surface area contributed by atoms with Crippen LogP contribution in [0.5, 0.6) is 0 Å². The summed E-state index contributed by atoms with van der Waals surface area (Å²) in [5, 5.41) is 2.66. The molecular weight excluding hydrogens is 266 g/mol. The summed E-state index contributed by atoms with van der Waals surface area (Å²) >= 11 is 1.07. The Hall–Kier alpha value is -2.61. The number of benzene rings is 1. The number of carbonyl (C=O) groups is 1. The lowest BCUT2D eigenvalue weighted by atomic mass is 10.2. The molecule has 0 bridgehead atoms. The summed E-state index contributed by atoms with van der Waals surface area (Å²) in [5.41, 5.74) is 1.53. The summed E-state index contributed by atoms with van der Waals surface area (Å²) in [5.74, 6) is -0.466. The molecule has 2 N–H and O–H groups in total.